The molecule has 2 atom stereocenters. The molecule has 17 aromatic rings. The zero-order valence-corrected chi connectivity index (χ0v) is 57.5. The topological polar surface area (TPSA) is 30.7 Å². The second kappa shape index (κ2) is 24.9. The highest BCUT2D eigenvalue weighted by molar-refractivity contribution is 7.20. The van der Waals surface area contributed by atoms with Gasteiger partial charge in [0.15, 0.2) is 22.0 Å². The Morgan fingerprint density at radius 3 is 1.17 bits per heavy atom. The summed E-state index contributed by atoms with van der Waals surface area (Å²) in [6.45, 7) is 0. The summed E-state index contributed by atoms with van der Waals surface area (Å²) in [4.78, 5) is 11.5. The van der Waals surface area contributed by atoms with Crippen LogP contribution in [0.15, 0.2) is 394 Å². The Kier molecular flexibility index (Phi) is 14.7. The molecule has 3 aliphatic carbocycles. The number of benzene rings is 15. The Bertz CT molecular complexity index is 5740. The van der Waals surface area contributed by atoms with Crippen molar-refractivity contribution in [2.45, 2.75) is 11.8 Å². The summed E-state index contributed by atoms with van der Waals surface area (Å²) in [5.41, 5.74) is 20.5. The molecule has 0 saturated carbocycles. The lowest BCUT2D eigenvalue weighted by Gasteiger charge is -2.47. The molecule has 2 aromatic heterocycles. The van der Waals surface area contributed by atoms with E-state index in [0.717, 1.165) is 39.2 Å². The van der Waals surface area contributed by atoms with Crippen LogP contribution in [-0.4, -0.2) is 30.7 Å². The molecule has 15 aromatic carbocycles. The summed E-state index contributed by atoms with van der Waals surface area (Å²) >= 11 is 0. The zero-order valence-electron chi connectivity index (χ0n) is 55.5. The molecule has 2 bridgehead atoms. The Labute approximate surface area is 591 Å². The molecular weight excluding hydrogens is 1250 g/mol. The Morgan fingerprint density at radius 1 is 0.238 bits per heavy atom. The largest absolute Gasteiger partial charge is 0.294 e. The molecule has 0 radical (unpaired) electrons. The van der Waals surface area contributed by atoms with E-state index >= 15 is 0 Å². The van der Waals surface area contributed by atoms with E-state index in [1.165, 1.54) is 113 Å². The first-order valence-electron chi connectivity index (χ1n) is 35.1. The quantitative estimate of drug-likeness (QED) is 0.0802. The van der Waals surface area contributed by atoms with E-state index in [9.17, 15) is 0 Å². The van der Waals surface area contributed by atoms with Gasteiger partial charge in [0.25, 0.3) is 0 Å². The molecule has 3 aliphatic rings. The molecule has 0 amide bonds. The van der Waals surface area contributed by atoms with Crippen molar-refractivity contribution in [1.29, 1.82) is 0 Å². The Hall–Kier alpha value is -12.4. The summed E-state index contributed by atoms with van der Waals surface area (Å²) in [7, 11) is -6.25. The van der Waals surface area contributed by atoms with E-state index in [2.05, 4.69) is 399 Å². The molecule has 0 saturated heterocycles. The predicted molar refractivity (Wildman–Crippen MR) is 426 cm³/mol. The maximum absolute atomic E-state index is 5.78. The van der Waals surface area contributed by atoms with Gasteiger partial charge in [0.2, 0.25) is 0 Å². The highest BCUT2D eigenvalue weighted by atomic mass is 28.3. The minimum absolute atomic E-state index is 0.00455. The molecule has 101 heavy (non-hydrogen) atoms. The molecule has 5 heteroatoms. The number of hydrogen-bond donors (Lipinski definition) is 0. The second-order valence-corrected chi connectivity index (χ2v) is 34.5. The fourth-order valence-corrected chi connectivity index (χ4v) is 27.4. The van der Waals surface area contributed by atoms with Gasteiger partial charge in [-0.05, 0) is 126 Å². The average molecular weight is 1320 g/mol. The van der Waals surface area contributed by atoms with Crippen molar-refractivity contribution in [3.05, 3.63) is 428 Å². The smallest absolute Gasteiger partial charge is 0.179 e. The van der Waals surface area contributed by atoms with Crippen molar-refractivity contribution >= 4 is 79.4 Å². The number of hydrogen-bond acceptors (Lipinski definition) is 2. The third-order valence-electron chi connectivity index (χ3n) is 21.7. The van der Waals surface area contributed by atoms with Gasteiger partial charge in [-0.25, -0.2) is 9.97 Å². The predicted octanol–water partition coefficient (Wildman–Crippen LogP) is 17.7. The molecule has 0 fully saturated rings. The molecular formula is C96H67N3Si2. The fraction of sp³-hybridized carbons (Fsp3) is 0.0208. The van der Waals surface area contributed by atoms with Crippen molar-refractivity contribution in [2.24, 2.45) is 0 Å². The van der Waals surface area contributed by atoms with Crippen LogP contribution in [0.25, 0.3) is 83.6 Å². The second-order valence-electron chi connectivity index (χ2n) is 26.9. The lowest BCUT2D eigenvalue weighted by atomic mass is 9.60. The highest BCUT2D eigenvalue weighted by Crippen LogP contribution is 2.58. The molecule has 20 rings (SSSR count). The number of nitrogens with zero attached hydrogens (tertiary/aromatic N) is 3. The maximum Gasteiger partial charge on any atom is 0.179 e. The van der Waals surface area contributed by atoms with Crippen molar-refractivity contribution in [3.63, 3.8) is 0 Å². The van der Waals surface area contributed by atoms with Gasteiger partial charge in [0.05, 0.1) is 16.7 Å². The number of para-hydroxylation sites is 2. The Balaban J connectivity index is 0.825. The van der Waals surface area contributed by atoms with Gasteiger partial charge in [-0.15, -0.1) is 0 Å². The number of rotatable bonds is 14. The minimum atomic E-state index is -3.32. The summed E-state index contributed by atoms with van der Waals surface area (Å²) in [6, 6.07) is 148. The Morgan fingerprint density at radius 2 is 0.614 bits per heavy atom. The lowest BCUT2D eigenvalue weighted by Crippen LogP contribution is -2.75. The minimum Gasteiger partial charge on any atom is -0.294 e. The van der Waals surface area contributed by atoms with Gasteiger partial charge in [0.1, 0.15) is 5.82 Å². The van der Waals surface area contributed by atoms with Gasteiger partial charge >= 0.3 is 0 Å². The lowest BCUT2D eigenvalue weighted by molar-refractivity contribution is 0.760. The third-order valence-corrected chi connectivity index (χ3v) is 31.3. The van der Waals surface area contributed by atoms with E-state index in [4.69, 9.17) is 9.97 Å². The van der Waals surface area contributed by atoms with Crippen molar-refractivity contribution in [1.82, 2.24) is 14.5 Å². The molecule has 3 nitrogen and oxygen atoms in total. The van der Waals surface area contributed by atoms with E-state index in [0.29, 0.717) is 5.82 Å². The third kappa shape index (κ3) is 9.75. The zero-order chi connectivity index (χ0) is 66.9. The van der Waals surface area contributed by atoms with Crippen LogP contribution in [0, 0.1) is 0 Å². The van der Waals surface area contributed by atoms with Crippen molar-refractivity contribution in [3.8, 4) is 61.8 Å². The highest BCUT2D eigenvalue weighted by Gasteiger charge is 2.50. The molecule has 0 N–H and O–H groups in total. The van der Waals surface area contributed by atoms with E-state index in [1.807, 2.05) is 0 Å². The first-order valence-corrected chi connectivity index (χ1v) is 39.1. The molecule has 2 unspecified atom stereocenters. The monoisotopic (exact) mass is 1320 g/mol. The average Bonchev–Trinajstić information content (AvgIpc) is 1.38. The van der Waals surface area contributed by atoms with Gasteiger partial charge < -0.3 is 0 Å². The normalized spacial score (nSPS) is 13.7. The number of aromatic nitrogens is 3. The fourth-order valence-electron chi connectivity index (χ4n) is 17.5. The van der Waals surface area contributed by atoms with Crippen molar-refractivity contribution in [2.75, 3.05) is 0 Å². The summed E-state index contributed by atoms with van der Waals surface area (Å²) < 4.78 is 2.34. The maximum atomic E-state index is 5.78. The van der Waals surface area contributed by atoms with Crippen LogP contribution in [-0.2, 0) is 0 Å². The van der Waals surface area contributed by atoms with Crippen LogP contribution in [0.1, 0.15) is 45.2 Å². The van der Waals surface area contributed by atoms with E-state index in [1.54, 1.807) is 0 Å². The molecule has 0 aliphatic heterocycles. The first-order chi connectivity index (χ1) is 50.1. The van der Waals surface area contributed by atoms with Crippen molar-refractivity contribution < 1.29 is 0 Å². The van der Waals surface area contributed by atoms with Crippen LogP contribution >= 0.6 is 0 Å². The molecule has 2 heterocycles. The van der Waals surface area contributed by atoms with Gasteiger partial charge in [-0.1, -0.05) is 370 Å². The van der Waals surface area contributed by atoms with E-state index in [-0.39, 0.29) is 11.8 Å². The summed E-state index contributed by atoms with van der Waals surface area (Å²) in [5, 5.41) is 13.0. The van der Waals surface area contributed by atoms with Crippen LogP contribution in [0.4, 0.5) is 0 Å². The molecule has 0 spiro atoms. The standard InChI is InChI=1S/C96H67N3Si2/c1-7-31-66(32-8-1)68-35-26-49-78(62-68)101(76-46-17-6-18-47-76,79-50-27-36-69(63-79)67-33-9-2-10-34-67)90-60-30-57-86-92-83-53-19-20-54-84(83)95(94(86)90)93-80(55-29-56-85(92)93)70-37-25-39-72(61-70)96-97-87(65-91(98-96)99-88-58-23-21-51-81(88)82-52-22-24-59-89(82)99)71-38-28-48-77(64-71)100(73-40-11-3-12-41-73,74-42-13-4-14-43-74)75-44-15-5-16-45-75/h1-65,92,95H. The summed E-state index contributed by atoms with van der Waals surface area (Å²) in [6.07, 6.45) is 0. The van der Waals surface area contributed by atoms with E-state index < -0.39 is 16.1 Å². The van der Waals surface area contributed by atoms with Crippen LogP contribution < -0.4 is 41.5 Å². The molecule has 474 valence electrons. The van der Waals surface area contributed by atoms with Crippen LogP contribution in [0.2, 0.25) is 0 Å². The number of fused-ring (bicyclic) bond motifs is 3. The first kappa shape index (κ1) is 59.8. The SMILES string of the molecule is c1ccc(-c2cccc([Si](c3ccccc3)(c3cccc(-c4ccccc4)c3)c3cccc4c3C3c5ccccc5C4c4cccc(-c5cccc(-c6nc(-c7cccc([Si](c8ccccc8)(c8ccccc8)c8ccccc8)c7)cc(-n7c8ccccc8c8ccccc87)n6)c5)c43)c2)cc1. The van der Waals surface area contributed by atoms with Gasteiger partial charge in [-0.2, -0.15) is 0 Å². The van der Waals surface area contributed by atoms with Crippen LogP contribution in [0.5, 0.6) is 0 Å². The van der Waals surface area contributed by atoms with Gasteiger partial charge in [-0.3, -0.25) is 4.57 Å². The van der Waals surface area contributed by atoms with Gasteiger partial charge in [0, 0.05) is 39.8 Å². The summed E-state index contributed by atoms with van der Waals surface area (Å²) in [5.74, 6) is 1.35. The van der Waals surface area contributed by atoms with Crippen LogP contribution in [0.3, 0.4) is 0 Å².